The van der Waals surface area contributed by atoms with Crippen LogP contribution in [0.15, 0.2) is 18.2 Å². The molecule has 2 aliphatic rings. The Hall–Kier alpha value is -0.640. The van der Waals surface area contributed by atoms with E-state index >= 15 is 0 Å². The first kappa shape index (κ1) is 14.8. The maximum atomic E-state index is 13.8. The van der Waals surface area contributed by atoms with Gasteiger partial charge in [0.05, 0.1) is 0 Å². The molecule has 0 saturated carbocycles. The van der Waals surface area contributed by atoms with Gasteiger partial charge in [-0.2, -0.15) is 0 Å². The van der Waals surface area contributed by atoms with E-state index in [0.717, 1.165) is 50.6 Å². The molecule has 0 spiro atoms. The maximum Gasteiger partial charge on any atom is 0.127 e. The topological polar surface area (TPSA) is 15.3 Å². The second kappa shape index (κ2) is 6.69. The molecule has 4 heteroatoms. The van der Waals surface area contributed by atoms with Crippen LogP contribution in [0.4, 0.5) is 4.39 Å². The van der Waals surface area contributed by atoms with Gasteiger partial charge in [0.1, 0.15) is 5.82 Å². The molecule has 2 heterocycles. The molecule has 0 radical (unpaired) electrons. The third-order valence-corrected chi connectivity index (χ3v) is 4.21. The molecule has 0 aliphatic carbocycles. The number of halogens is 2. The Morgan fingerprint density at radius 1 is 1.37 bits per heavy atom. The minimum absolute atomic E-state index is 0. The van der Waals surface area contributed by atoms with Crippen LogP contribution in [0.1, 0.15) is 24.0 Å². The van der Waals surface area contributed by atoms with E-state index < -0.39 is 0 Å². The Balaban J connectivity index is 0.00000133. The highest BCUT2D eigenvalue weighted by molar-refractivity contribution is 5.85. The first-order valence-electron chi connectivity index (χ1n) is 7.02. The number of nitrogens with zero attached hydrogens (tertiary/aromatic N) is 1. The predicted octanol–water partition coefficient (Wildman–Crippen LogP) is 2.61. The van der Waals surface area contributed by atoms with Crippen LogP contribution in [-0.2, 0) is 13.0 Å². The van der Waals surface area contributed by atoms with Crippen LogP contribution in [-0.4, -0.2) is 31.1 Å². The monoisotopic (exact) mass is 284 g/mol. The zero-order valence-electron chi connectivity index (χ0n) is 11.2. The second-order valence-corrected chi connectivity index (χ2v) is 5.58. The van der Waals surface area contributed by atoms with Gasteiger partial charge in [0.25, 0.3) is 0 Å². The molecule has 1 aromatic carbocycles. The van der Waals surface area contributed by atoms with Crippen molar-refractivity contribution in [1.29, 1.82) is 0 Å². The van der Waals surface area contributed by atoms with Crippen molar-refractivity contribution in [1.82, 2.24) is 10.2 Å². The molecule has 1 atom stereocenters. The normalized spacial score (nSPS) is 23.5. The highest BCUT2D eigenvalue weighted by Crippen LogP contribution is 2.23. The van der Waals surface area contributed by atoms with Gasteiger partial charge in [-0.3, -0.25) is 4.90 Å². The fourth-order valence-corrected chi connectivity index (χ4v) is 3.20. The average molecular weight is 285 g/mol. The van der Waals surface area contributed by atoms with E-state index in [4.69, 9.17) is 0 Å². The Labute approximate surface area is 120 Å². The Bertz CT molecular complexity index is 419. The van der Waals surface area contributed by atoms with Crippen LogP contribution < -0.4 is 5.32 Å². The van der Waals surface area contributed by atoms with Gasteiger partial charge in [0.2, 0.25) is 0 Å². The molecular weight excluding hydrogens is 263 g/mol. The van der Waals surface area contributed by atoms with Crippen LogP contribution in [0, 0.1) is 11.7 Å². The quantitative estimate of drug-likeness (QED) is 0.898. The van der Waals surface area contributed by atoms with Crippen LogP contribution in [0.3, 0.4) is 0 Å². The molecule has 1 unspecified atom stereocenters. The van der Waals surface area contributed by atoms with Crippen LogP contribution >= 0.6 is 12.4 Å². The van der Waals surface area contributed by atoms with Gasteiger partial charge in [-0.1, -0.05) is 12.1 Å². The third kappa shape index (κ3) is 3.47. The number of benzene rings is 1. The summed E-state index contributed by atoms with van der Waals surface area (Å²) >= 11 is 0. The Morgan fingerprint density at radius 3 is 3.05 bits per heavy atom. The Morgan fingerprint density at radius 2 is 2.26 bits per heavy atom. The molecule has 0 bridgehead atoms. The van der Waals surface area contributed by atoms with Crippen molar-refractivity contribution >= 4 is 12.4 Å². The summed E-state index contributed by atoms with van der Waals surface area (Å²) < 4.78 is 13.8. The molecule has 1 N–H and O–H groups in total. The summed E-state index contributed by atoms with van der Waals surface area (Å²) in [6.45, 7) is 5.26. The van der Waals surface area contributed by atoms with Crippen molar-refractivity contribution in [2.75, 3.05) is 26.2 Å². The summed E-state index contributed by atoms with van der Waals surface area (Å²) in [7, 11) is 0. The molecule has 0 amide bonds. The molecule has 0 aromatic heterocycles. The number of hydrogen-bond acceptors (Lipinski definition) is 2. The van der Waals surface area contributed by atoms with Gasteiger partial charge in [-0.15, -0.1) is 12.4 Å². The lowest BCUT2D eigenvalue weighted by molar-refractivity contribution is 0.191. The highest BCUT2D eigenvalue weighted by atomic mass is 35.5. The number of nitrogens with one attached hydrogen (secondary N) is 1. The lowest BCUT2D eigenvalue weighted by Gasteiger charge is -2.33. The molecule has 1 fully saturated rings. The number of rotatable bonds is 2. The zero-order chi connectivity index (χ0) is 12.4. The molecule has 1 saturated heterocycles. The molecule has 19 heavy (non-hydrogen) atoms. The summed E-state index contributed by atoms with van der Waals surface area (Å²) in [5, 5.41) is 3.45. The second-order valence-electron chi connectivity index (χ2n) is 5.58. The van der Waals surface area contributed by atoms with Crippen molar-refractivity contribution in [2.45, 2.75) is 25.8 Å². The van der Waals surface area contributed by atoms with E-state index in [2.05, 4.69) is 16.3 Å². The van der Waals surface area contributed by atoms with Gasteiger partial charge < -0.3 is 5.32 Å². The van der Waals surface area contributed by atoms with E-state index in [-0.39, 0.29) is 18.2 Å². The van der Waals surface area contributed by atoms with Crippen molar-refractivity contribution in [3.63, 3.8) is 0 Å². The fourth-order valence-electron chi connectivity index (χ4n) is 3.20. The first-order valence-corrected chi connectivity index (χ1v) is 7.02. The van der Waals surface area contributed by atoms with Crippen LogP contribution in [0.5, 0.6) is 0 Å². The minimum Gasteiger partial charge on any atom is -0.316 e. The minimum atomic E-state index is -0.0287. The lowest BCUT2D eigenvalue weighted by atomic mass is 9.95. The van der Waals surface area contributed by atoms with Gasteiger partial charge >= 0.3 is 0 Å². The van der Waals surface area contributed by atoms with E-state index in [0.29, 0.717) is 0 Å². The van der Waals surface area contributed by atoms with Gasteiger partial charge in [-0.05, 0) is 49.9 Å². The van der Waals surface area contributed by atoms with E-state index in [1.807, 2.05) is 6.07 Å². The first-order chi connectivity index (χ1) is 8.83. The van der Waals surface area contributed by atoms with Crippen LogP contribution in [0.2, 0.25) is 0 Å². The summed E-state index contributed by atoms with van der Waals surface area (Å²) in [6.07, 6.45) is 3.59. The van der Waals surface area contributed by atoms with Crippen molar-refractivity contribution in [3.05, 3.63) is 35.1 Å². The molecule has 2 nitrogen and oxygen atoms in total. The standard InChI is InChI=1S/C15H21FN2.ClH/c16-15-5-1-4-13-6-8-18(11-14(13)15)10-12-3-2-7-17-9-12;/h1,4-5,12,17H,2-3,6-11H2;1H. The van der Waals surface area contributed by atoms with Gasteiger partial charge in [0, 0.05) is 25.2 Å². The molecule has 2 aliphatic heterocycles. The SMILES string of the molecule is Cl.Fc1cccc2c1CN(CC1CCCNC1)CC2. The summed E-state index contributed by atoms with van der Waals surface area (Å²) in [5.41, 5.74) is 2.13. The predicted molar refractivity (Wildman–Crippen MR) is 78.2 cm³/mol. The average Bonchev–Trinajstić information content (AvgIpc) is 2.41. The zero-order valence-corrected chi connectivity index (χ0v) is 12.0. The summed E-state index contributed by atoms with van der Waals surface area (Å²) in [6, 6.07) is 5.48. The smallest absolute Gasteiger partial charge is 0.127 e. The summed E-state index contributed by atoms with van der Waals surface area (Å²) in [5.74, 6) is 0.714. The highest BCUT2D eigenvalue weighted by Gasteiger charge is 2.22. The van der Waals surface area contributed by atoms with Crippen LogP contribution in [0.25, 0.3) is 0 Å². The number of piperidine rings is 1. The number of hydrogen-bond donors (Lipinski definition) is 1. The molecular formula is C15H22ClFN2. The molecule has 1 aromatic rings. The van der Waals surface area contributed by atoms with E-state index in [9.17, 15) is 4.39 Å². The maximum absolute atomic E-state index is 13.8. The molecule has 3 rings (SSSR count). The largest absolute Gasteiger partial charge is 0.316 e. The van der Waals surface area contributed by atoms with E-state index in [1.165, 1.54) is 18.4 Å². The third-order valence-electron chi connectivity index (χ3n) is 4.21. The van der Waals surface area contributed by atoms with Crippen molar-refractivity contribution in [2.24, 2.45) is 5.92 Å². The van der Waals surface area contributed by atoms with Gasteiger partial charge in [-0.25, -0.2) is 4.39 Å². The molecule has 106 valence electrons. The Kier molecular flexibility index (Phi) is 5.20. The fraction of sp³-hybridized carbons (Fsp3) is 0.600. The van der Waals surface area contributed by atoms with Gasteiger partial charge in [0.15, 0.2) is 0 Å². The van der Waals surface area contributed by atoms with Crippen molar-refractivity contribution in [3.8, 4) is 0 Å². The number of fused-ring (bicyclic) bond motifs is 1. The van der Waals surface area contributed by atoms with Crippen molar-refractivity contribution < 1.29 is 4.39 Å². The lowest BCUT2D eigenvalue weighted by Crippen LogP contribution is -2.40. The van der Waals surface area contributed by atoms with E-state index in [1.54, 1.807) is 6.07 Å². The summed E-state index contributed by atoms with van der Waals surface area (Å²) in [4.78, 5) is 2.42.